The van der Waals surface area contributed by atoms with Crippen molar-refractivity contribution in [2.45, 2.75) is 0 Å². The van der Waals surface area contributed by atoms with Crippen molar-refractivity contribution in [3.05, 3.63) is 158 Å². The first-order valence-corrected chi connectivity index (χ1v) is 18.9. The van der Waals surface area contributed by atoms with Gasteiger partial charge in [0.05, 0.1) is 33.1 Å². The maximum absolute atomic E-state index is 5.28. The topological polar surface area (TPSA) is 48.5 Å². The van der Waals surface area contributed by atoms with Gasteiger partial charge in [-0.3, -0.25) is 15.0 Å². The second-order valence-electron chi connectivity index (χ2n) is 15.2. The Kier molecular flexibility index (Phi) is 5.04. The summed E-state index contributed by atoms with van der Waals surface area (Å²) in [6.07, 6.45) is 8.11. The lowest BCUT2D eigenvalue weighted by molar-refractivity contribution is 1.13. The Balaban J connectivity index is 1.32. The van der Waals surface area contributed by atoms with E-state index in [2.05, 4.69) is 160 Å². The molecule has 12 aromatic rings. The fourth-order valence-electron chi connectivity index (χ4n) is 10.5. The molecule has 55 heavy (non-hydrogen) atoms. The molecule has 0 spiro atoms. The van der Waals surface area contributed by atoms with E-state index >= 15 is 0 Å². The Morgan fingerprint density at radius 3 is 1.40 bits per heavy atom. The number of aromatic nitrogens is 5. The third kappa shape index (κ3) is 3.36. The molecule has 0 bridgehead atoms. The number of benzene rings is 7. The number of fused-ring (bicyclic) bond motifs is 8. The first kappa shape index (κ1) is 28.2. The summed E-state index contributed by atoms with van der Waals surface area (Å²) in [6.45, 7) is -0.107. The maximum atomic E-state index is 5.28. The molecule has 250 valence electrons. The van der Waals surface area contributed by atoms with Crippen LogP contribution in [-0.2, 0) is 0 Å². The average Bonchev–Trinajstić information content (AvgIpc) is 3.46. The van der Waals surface area contributed by atoms with Gasteiger partial charge in [0, 0.05) is 57.7 Å². The van der Waals surface area contributed by atoms with Gasteiger partial charge in [-0.05, 0) is 108 Å². The largest absolute Gasteiger partial charge is 0.310 e. The maximum Gasteiger partial charge on any atom is 0.256 e. The van der Waals surface area contributed by atoms with Gasteiger partial charge >= 0.3 is 0 Å². The van der Waals surface area contributed by atoms with Gasteiger partial charge in [-0.1, -0.05) is 84.9 Å². The van der Waals surface area contributed by atoms with E-state index in [1.807, 2.05) is 12.4 Å². The molecular formula is C49H26BN5. The van der Waals surface area contributed by atoms with Crippen molar-refractivity contribution in [3.8, 4) is 22.5 Å². The second kappa shape index (κ2) is 9.81. The highest BCUT2D eigenvalue weighted by molar-refractivity contribution is 7.00. The molecule has 0 aliphatic carbocycles. The van der Waals surface area contributed by atoms with Crippen LogP contribution in [0.3, 0.4) is 0 Å². The van der Waals surface area contributed by atoms with E-state index in [0.29, 0.717) is 0 Å². The van der Waals surface area contributed by atoms with Crippen LogP contribution in [0.2, 0.25) is 0 Å². The molecule has 14 rings (SSSR count). The molecule has 0 saturated heterocycles. The summed E-state index contributed by atoms with van der Waals surface area (Å²) >= 11 is 0. The van der Waals surface area contributed by atoms with Gasteiger partial charge in [-0.25, -0.2) is 0 Å². The van der Waals surface area contributed by atoms with Crippen LogP contribution in [0.4, 0.5) is 0 Å². The molecule has 0 amide bonds. The standard InChI is InChI=1S/C49H26BN5/c1-7-28-9-3-17-39-43(28)31(11-1)33-13-5-15-37-45(33)48-35(25-52-37)50-36-26-53-38-16-6-14-34-32-12-2-8-29-10-4-18-40(44(29)32)55(49(36)46(34)38)42-24-30(27-19-21-51-22-20-27)23-41(47(42)50)54(39)48/h1-26H. The van der Waals surface area contributed by atoms with Crippen LogP contribution in [0.15, 0.2) is 158 Å². The molecule has 7 aromatic carbocycles. The van der Waals surface area contributed by atoms with Crippen LogP contribution in [0.1, 0.15) is 0 Å². The summed E-state index contributed by atoms with van der Waals surface area (Å²) in [5.74, 6) is 0. The quantitative estimate of drug-likeness (QED) is 0.161. The van der Waals surface area contributed by atoms with E-state index in [4.69, 9.17) is 9.97 Å². The molecule has 0 saturated carbocycles. The van der Waals surface area contributed by atoms with Crippen LogP contribution in [0, 0.1) is 0 Å². The van der Waals surface area contributed by atoms with Gasteiger partial charge in [-0.15, -0.1) is 0 Å². The van der Waals surface area contributed by atoms with E-state index in [0.717, 1.165) is 22.2 Å². The number of rotatable bonds is 1. The number of hydrogen-bond acceptors (Lipinski definition) is 3. The van der Waals surface area contributed by atoms with Crippen molar-refractivity contribution < 1.29 is 0 Å². The number of nitrogens with zero attached hydrogens (tertiary/aromatic N) is 5. The van der Waals surface area contributed by atoms with Crippen LogP contribution in [0.25, 0.3) is 109 Å². The summed E-state index contributed by atoms with van der Waals surface area (Å²) in [6, 6.07) is 49.3. The normalized spacial score (nSPS) is 13.1. The SMILES string of the molecule is c1cc2cccc3c2c(c1)c1cccc2ncc4c(c21)n3-c1cc(-c2ccncc2)cc2c1B4c1cnc3cccc4c5cccc6cccc(c65)n-2c1c34. The minimum atomic E-state index is -0.107. The lowest BCUT2D eigenvalue weighted by Crippen LogP contribution is -2.60. The number of pyridine rings is 3. The Morgan fingerprint density at radius 1 is 0.436 bits per heavy atom. The van der Waals surface area contributed by atoms with E-state index in [9.17, 15) is 0 Å². The average molecular weight is 696 g/mol. The summed E-state index contributed by atoms with van der Waals surface area (Å²) in [5, 5.41) is 12.2. The molecule has 0 fully saturated rings. The third-order valence-corrected chi connectivity index (χ3v) is 12.6. The molecule has 0 unspecified atom stereocenters. The van der Waals surface area contributed by atoms with Crippen molar-refractivity contribution in [1.29, 1.82) is 0 Å². The molecule has 0 atom stereocenters. The molecule has 2 aliphatic rings. The fourth-order valence-corrected chi connectivity index (χ4v) is 10.5. The highest BCUT2D eigenvalue weighted by Gasteiger charge is 2.41. The number of hydrogen-bond donors (Lipinski definition) is 0. The van der Waals surface area contributed by atoms with E-state index in [1.165, 1.54) is 104 Å². The van der Waals surface area contributed by atoms with Crippen molar-refractivity contribution in [2.75, 3.05) is 0 Å². The first-order valence-electron chi connectivity index (χ1n) is 18.9. The lowest BCUT2D eigenvalue weighted by atomic mass is 9.34. The molecular weight excluding hydrogens is 669 g/mol. The zero-order valence-corrected chi connectivity index (χ0v) is 29.3. The summed E-state index contributed by atoms with van der Waals surface area (Å²) in [5.41, 5.74) is 15.1. The summed E-state index contributed by atoms with van der Waals surface area (Å²) < 4.78 is 5.14. The van der Waals surface area contributed by atoms with Gasteiger partial charge in [0.25, 0.3) is 6.71 Å². The van der Waals surface area contributed by atoms with E-state index < -0.39 is 0 Å². The van der Waals surface area contributed by atoms with Crippen LogP contribution in [-0.4, -0.2) is 30.8 Å². The van der Waals surface area contributed by atoms with Gasteiger partial charge in [0.15, 0.2) is 0 Å². The Morgan fingerprint density at radius 2 is 0.891 bits per heavy atom. The van der Waals surface area contributed by atoms with Crippen molar-refractivity contribution in [1.82, 2.24) is 24.1 Å². The molecule has 2 aliphatic heterocycles. The second-order valence-corrected chi connectivity index (χ2v) is 15.2. The Labute approximate surface area is 313 Å². The minimum absolute atomic E-state index is 0.107. The first-order chi connectivity index (χ1) is 27.3. The van der Waals surface area contributed by atoms with Gasteiger partial charge in [-0.2, -0.15) is 0 Å². The zero-order valence-electron chi connectivity index (χ0n) is 29.3. The van der Waals surface area contributed by atoms with Gasteiger partial charge < -0.3 is 9.13 Å². The smallest absolute Gasteiger partial charge is 0.256 e. The molecule has 5 nitrogen and oxygen atoms in total. The lowest BCUT2D eigenvalue weighted by Gasteiger charge is -2.35. The highest BCUT2D eigenvalue weighted by atomic mass is 15.0. The van der Waals surface area contributed by atoms with Gasteiger partial charge in [0.1, 0.15) is 0 Å². The fraction of sp³-hybridized carbons (Fsp3) is 0. The zero-order chi connectivity index (χ0) is 35.5. The summed E-state index contributed by atoms with van der Waals surface area (Å²) in [7, 11) is 0. The van der Waals surface area contributed by atoms with Gasteiger partial charge in [0.2, 0.25) is 0 Å². The van der Waals surface area contributed by atoms with Crippen LogP contribution < -0.4 is 16.4 Å². The molecule has 0 radical (unpaired) electrons. The third-order valence-electron chi connectivity index (χ3n) is 12.6. The monoisotopic (exact) mass is 695 g/mol. The molecule has 6 heteroatoms. The minimum Gasteiger partial charge on any atom is -0.310 e. The van der Waals surface area contributed by atoms with E-state index in [-0.39, 0.29) is 6.71 Å². The van der Waals surface area contributed by atoms with Crippen LogP contribution >= 0.6 is 0 Å². The predicted octanol–water partition coefficient (Wildman–Crippen LogP) is 9.49. The molecule has 5 aromatic heterocycles. The Bertz CT molecular complexity index is 3500. The molecule has 7 heterocycles. The Hall–Kier alpha value is -7.31. The van der Waals surface area contributed by atoms with Crippen molar-refractivity contribution in [3.63, 3.8) is 0 Å². The van der Waals surface area contributed by atoms with Crippen LogP contribution in [0.5, 0.6) is 0 Å². The highest BCUT2D eigenvalue weighted by Crippen LogP contribution is 2.43. The predicted molar refractivity (Wildman–Crippen MR) is 229 cm³/mol. The molecule has 0 N–H and O–H groups in total. The van der Waals surface area contributed by atoms with Crippen molar-refractivity contribution >= 4 is 110 Å². The van der Waals surface area contributed by atoms with E-state index in [1.54, 1.807) is 0 Å². The summed E-state index contributed by atoms with van der Waals surface area (Å²) in [4.78, 5) is 15.0. The van der Waals surface area contributed by atoms with Crippen molar-refractivity contribution in [2.24, 2.45) is 0 Å².